The van der Waals surface area contributed by atoms with Gasteiger partial charge in [-0.05, 0) is 55.3 Å². The average Bonchev–Trinajstić information content (AvgIpc) is 2.86. The maximum Gasteiger partial charge on any atom is 0.335 e. The average molecular weight is 338 g/mol. The number of anilines is 2. The minimum Gasteiger partial charge on any atom is -0.478 e. The minimum absolute atomic E-state index is 0.0624. The summed E-state index contributed by atoms with van der Waals surface area (Å²) in [6.45, 7) is 3.94. The normalized spacial score (nSPS) is 17.0. The first-order valence-electron chi connectivity index (χ1n) is 7.91. The number of hydrogen-bond donors (Lipinski definition) is 2. The summed E-state index contributed by atoms with van der Waals surface area (Å²) < 4.78 is 0. The van der Waals surface area contributed by atoms with E-state index in [9.17, 15) is 14.4 Å². The highest BCUT2D eigenvalue weighted by Gasteiger charge is 2.39. The number of aromatic carboxylic acids is 1. The van der Waals surface area contributed by atoms with Crippen molar-refractivity contribution in [2.45, 2.75) is 26.3 Å². The molecule has 6 heteroatoms. The van der Waals surface area contributed by atoms with Gasteiger partial charge in [-0.1, -0.05) is 12.1 Å². The molecule has 2 aromatic carbocycles. The summed E-state index contributed by atoms with van der Waals surface area (Å²) in [7, 11) is 0. The predicted molar refractivity (Wildman–Crippen MR) is 93.8 cm³/mol. The van der Waals surface area contributed by atoms with Crippen LogP contribution in [0.4, 0.5) is 11.4 Å². The molecular formula is C19H18N2O4. The van der Waals surface area contributed by atoms with E-state index in [0.717, 1.165) is 21.7 Å². The third-order valence-corrected chi connectivity index (χ3v) is 4.45. The number of imide groups is 1. The van der Waals surface area contributed by atoms with Gasteiger partial charge in [0.05, 0.1) is 17.7 Å². The van der Waals surface area contributed by atoms with Gasteiger partial charge in [0.1, 0.15) is 6.04 Å². The molecule has 3 rings (SSSR count). The van der Waals surface area contributed by atoms with Gasteiger partial charge in [0.25, 0.3) is 5.91 Å². The van der Waals surface area contributed by atoms with Crippen molar-refractivity contribution in [2.75, 3.05) is 10.2 Å². The van der Waals surface area contributed by atoms with Gasteiger partial charge in [0, 0.05) is 5.69 Å². The molecular weight excluding hydrogens is 320 g/mol. The van der Waals surface area contributed by atoms with Crippen molar-refractivity contribution < 1.29 is 19.5 Å². The fourth-order valence-corrected chi connectivity index (χ4v) is 2.86. The summed E-state index contributed by atoms with van der Waals surface area (Å²) >= 11 is 0. The van der Waals surface area contributed by atoms with E-state index in [-0.39, 0.29) is 23.8 Å². The van der Waals surface area contributed by atoms with E-state index in [1.54, 1.807) is 0 Å². The summed E-state index contributed by atoms with van der Waals surface area (Å²) in [5.41, 5.74) is 3.45. The van der Waals surface area contributed by atoms with Crippen LogP contribution < -0.4 is 10.2 Å². The number of nitrogens with zero attached hydrogens (tertiary/aromatic N) is 1. The number of hydrogen-bond acceptors (Lipinski definition) is 4. The Morgan fingerprint density at radius 1 is 1.12 bits per heavy atom. The first kappa shape index (κ1) is 16.7. The molecule has 1 fully saturated rings. The third kappa shape index (κ3) is 3.10. The van der Waals surface area contributed by atoms with Gasteiger partial charge in [-0.3, -0.25) is 9.59 Å². The highest BCUT2D eigenvalue weighted by atomic mass is 16.4. The number of carboxylic acid groups (broad SMARTS) is 1. The largest absolute Gasteiger partial charge is 0.478 e. The lowest BCUT2D eigenvalue weighted by molar-refractivity contribution is -0.121. The van der Waals surface area contributed by atoms with E-state index in [2.05, 4.69) is 5.32 Å². The van der Waals surface area contributed by atoms with Gasteiger partial charge < -0.3 is 10.4 Å². The van der Waals surface area contributed by atoms with E-state index in [1.165, 1.54) is 24.3 Å². The zero-order chi connectivity index (χ0) is 18.1. The first-order valence-corrected chi connectivity index (χ1v) is 7.91. The smallest absolute Gasteiger partial charge is 0.335 e. The quantitative estimate of drug-likeness (QED) is 0.837. The van der Waals surface area contributed by atoms with Gasteiger partial charge in [-0.2, -0.15) is 0 Å². The molecule has 0 radical (unpaired) electrons. The number of carbonyl (C=O) groups excluding carboxylic acids is 2. The minimum atomic E-state index is -1.06. The second kappa shape index (κ2) is 6.39. The maximum absolute atomic E-state index is 12.7. The third-order valence-electron chi connectivity index (χ3n) is 4.45. The zero-order valence-corrected chi connectivity index (χ0v) is 13.9. The summed E-state index contributed by atoms with van der Waals surface area (Å²) in [4.78, 5) is 37.0. The van der Waals surface area contributed by atoms with Crippen molar-refractivity contribution in [3.63, 3.8) is 0 Å². The van der Waals surface area contributed by atoms with E-state index in [0.29, 0.717) is 5.69 Å². The van der Waals surface area contributed by atoms with Crippen LogP contribution in [0, 0.1) is 13.8 Å². The number of amides is 2. The molecule has 2 aromatic rings. The topological polar surface area (TPSA) is 86.7 Å². The first-order chi connectivity index (χ1) is 11.9. The molecule has 1 atom stereocenters. The van der Waals surface area contributed by atoms with Crippen LogP contribution in [-0.2, 0) is 9.59 Å². The van der Waals surface area contributed by atoms with Crippen molar-refractivity contribution in [3.8, 4) is 0 Å². The molecule has 128 valence electrons. The van der Waals surface area contributed by atoms with Gasteiger partial charge >= 0.3 is 5.97 Å². The van der Waals surface area contributed by atoms with Crippen LogP contribution in [0.2, 0.25) is 0 Å². The van der Waals surface area contributed by atoms with Crippen LogP contribution in [0.5, 0.6) is 0 Å². The second-order valence-electron chi connectivity index (χ2n) is 6.07. The second-order valence-corrected chi connectivity index (χ2v) is 6.07. The van der Waals surface area contributed by atoms with Crippen molar-refractivity contribution in [1.29, 1.82) is 0 Å². The van der Waals surface area contributed by atoms with Crippen LogP contribution in [0.1, 0.15) is 27.9 Å². The highest BCUT2D eigenvalue weighted by molar-refractivity contribution is 6.23. The van der Waals surface area contributed by atoms with E-state index < -0.39 is 12.0 Å². The Kier molecular flexibility index (Phi) is 4.27. The molecule has 0 bridgehead atoms. The van der Waals surface area contributed by atoms with Crippen molar-refractivity contribution in [3.05, 3.63) is 59.2 Å². The molecule has 1 aliphatic heterocycles. The monoisotopic (exact) mass is 338 g/mol. The number of aryl methyl sites for hydroxylation is 1. The standard InChI is InChI=1S/C19H18N2O4/c1-11-4-3-5-15(12(11)2)20-16-10-17(22)21(18(16)23)14-8-6-13(7-9-14)19(24)25/h3-9,16,20H,10H2,1-2H3,(H,24,25)/t16-/m1/s1. The molecule has 1 aliphatic rings. The summed E-state index contributed by atoms with van der Waals surface area (Å²) in [5.74, 6) is -1.70. The summed E-state index contributed by atoms with van der Waals surface area (Å²) in [5, 5.41) is 12.1. The molecule has 2 amide bonds. The van der Waals surface area contributed by atoms with Crippen LogP contribution in [0.25, 0.3) is 0 Å². The molecule has 0 aliphatic carbocycles. The fourth-order valence-electron chi connectivity index (χ4n) is 2.86. The van der Waals surface area contributed by atoms with Crippen molar-refractivity contribution in [2.24, 2.45) is 0 Å². The van der Waals surface area contributed by atoms with Crippen LogP contribution >= 0.6 is 0 Å². The predicted octanol–water partition coefficient (Wildman–Crippen LogP) is 2.75. The lowest BCUT2D eigenvalue weighted by atomic mass is 10.1. The number of carbonyl (C=O) groups is 3. The summed E-state index contributed by atoms with van der Waals surface area (Å²) in [6.07, 6.45) is 0.0624. The lowest BCUT2D eigenvalue weighted by Gasteiger charge is -2.17. The Morgan fingerprint density at radius 3 is 2.44 bits per heavy atom. The molecule has 25 heavy (non-hydrogen) atoms. The van der Waals surface area contributed by atoms with E-state index in [4.69, 9.17) is 5.11 Å². The van der Waals surface area contributed by atoms with Gasteiger partial charge in [0.2, 0.25) is 5.91 Å². The van der Waals surface area contributed by atoms with Crippen LogP contribution in [0.15, 0.2) is 42.5 Å². The summed E-state index contributed by atoms with van der Waals surface area (Å²) in [6, 6.07) is 10.8. The molecule has 6 nitrogen and oxygen atoms in total. The molecule has 0 aromatic heterocycles. The van der Waals surface area contributed by atoms with Crippen molar-refractivity contribution in [1.82, 2.24) is 0 Å². The molecule has 1 saturated heterocycles. The molecule has 2 N–H and O–H groups in total. The van der Waals surface area contributed by atoms with Crippen molar-refractivity contribution >= 4 is 29.2 Å². The Bertz CT molecular complexity index is 858. The Hall–Kier alpha value is -3.15. The van der Waals surface area contributed by atoms with Gasteiger partial charge in [0.15, 0.2) is 0 Å². The molecule has 0 unspecified atom stereocenters. The SMILES string of the molecule is Cc1cccc(N[C@@H]2CC(=O)N(c3ccc(C(=O)O)cc3)C2=O)c1C. The zero-order valence-electron chi connectivity index (χ0n) is 13.9. The Morgan fingerprint density at radius 2 is 1.80 bits per heavy atom. The maximum atomic E-state index is 12.7. The van der Waals surface area contributed by atoms with Crippen LogP contribution in [-0.4, -0.2) is 28.9 Å². The number of rotatable bonds is 4. The Balaban J connectivity index is 1.82. The van der Waals surface area contributed by atoms with E-state index in [1.807, 2.05) is 32.0 Å². The lowest BCUT2D eigenvalue weighted by Crippen LogP contribution is -2.35. The fraction of sp³-hybridized carbons (Fsp3) is 0.211. The van der Waals surface area contributed by atoms with Gasteiger partial charge in [-0.15, -0.1) is 0 Å². The molecule has 0 spiro atoms. The van der Waals surface area contributed by atoms with E-state index >= 15 is 0 Å². The van der Waals surface area contributed by atoms with Crippen LogP contribution in [0.3, 0.4) is 0 Å². The van der Waals surface area contributed by atoms with Gasteiger partial charge in [-0.25, -0.2) is 9.69 Å². The molecule has 0 saturated carbocycles. The highest BCUT2D eigenvalue weighted by Crippen LogP contribution is 2.27. The Labute approximate surface area is 145 Å². The molecule has 1 heterocycles. The number of carboxylic acids is 1. The number of nitrogens with one attached hydrogen (secondary N) is 1. The number of benzene rings is 2.